The Morgan fingerprint density at radius 3 is 2.33 bits per heavy atom. The summed E-state index contributed by atoms with van der Waals surface area (Å²) in [5, 5.41) is 16.1. The first-order valence-electron chi connectivity index (χ1n) is 2.38. The first-order chi connectivity index (χ1) is 4.16. The zero-order chi connectivity index (χ0) is 7.28. The van der Waals surface area contributed by atoms with Crippen molar-refractivity contribution in [3.05, 3.63) is 0 Å². The molecule has 2 N–H and O–H groups in total. The van der Waals surface area contributed by atoms with Gasteiger partial charge in [-0.3, -0.25) is 0 Å². The fourth-order valence-electron chi connectivity index (χ4n) is 0.167. The van der Waals surface area contributed by atoms with Crippen molar-refractivity contribution in [3.63, 3.8) is 0 Å². The predicted octanol–water partition coefficient (Wildman–Crippen LogP) is -1.10. The molecular formula is C3H9BO5. The van der Waals surface area contributed by atoms with Gasteiger partial charge in [-0.15, -0.1) is 0 Å². The van der Waals surface area contributed by atoms with Crippen molar-refractivity contribution in [2.24, 2.45) is 0 Å². The van der Waals surface area contributed by atoms with Crippen molar-refractivity contribution < 1.29 is 24.5 Å². The maximum absolute atomic E-state index is 8.05. The summed E-state index contributed by atoms with van der Waals surface area (Å²) in [6, 6.07) is 0. The standard InChI is InChI=1S/C3H9BO5/c1-3(7-2)8-9-4(5)6/h3,5-6H,1-2H3. The number of hydrogen-bond acceptors (Lipinski definition) is 5. The molecule has 1 atom stereocenters. The Hall–Kier alpha value is -0.135. The second-order valence-corrected chi connectivity index (χ2v) is 1.32. The second kappa shape index (κ2) is 4.72. The SMILES string of the molecule is COC(C)OOB(O)O. The van der Waals surface area contributed by atoms with E-state index < -0.39 is 13.6 Å². The summed E-state index contributed by atoms with van der Waals surface area (Å²) in [4.78, 5) is 8.11. The van der Waals surface area contributed by atoms with E-state index in [1.807, 2.05) is 0 Å². The van der Waals surface area contributed by atoms with Crippen LogP contribution < -0.4 is 0 Å². The van der Waals surface area contributed by atoms with Crippen LogP contribution in [0.1, 0.15) is 6.92 Å². The Balaban J connectivity index is 3.06. The summed E-state index contributed by atoms with van der Waals surface area (Å²) in [6.07, 6.45) is -0.605. The van der Waals surface area contributed by atoms with Crippen LogP contribution in [0.5, 0.6) is 0 Å². The van der Waals surface area contributed by atoms with Gasteiger partial charge in [0, 0.05) is 7.11 Å². The highest BCUT2D eigenvalue weighted by molar-refractivity contribution is 6.32. The molecule has 0 aromatic carbocycles. The Morgan fingerprint density at radius 1 is 1.44 bits per heavy atom. The maximum atomic E-state index is 8.05. The topological polar surface area (TPSA) is 68.2 Å². The fourth-order valence-corrected chi connectivity index (χ4v) is 0.167. The van der Waals surface area contributed by atoms with Crippen LogP contribution in [0.4, 0.5) is 0 Å². The molecule has 0 bridgehead atoms. The van der Waals surface area contributed by atoms with Crippen LogP contribution in [0.3, 0.4) is 0 Å². The fraction of sp³-hybridized carbons (Fsp3) is 1.00. The molecule has 0 spiro atoms. The van der Waals surface area contributed by atoms with Gasteiger partial charge in [0.15, 0.2) is 6.29 Å². The van der Waals surface area contributed by atoms with Crippen molar-refractivity contribution in [2.45, 2.75) is 13.2 Å². The average Bonchev–Trinajstić information content (AvgIpc) is 1.83. The third-order valence-electron chi connectivity index (χ3n) is 0.609. The Labute approximate surface area is 53.3 Å². The van der Waals surface area contributed by atoms with E-state index in [1.54, 1.807) is 6.92 Å². The lowest BCUT2D eigenvalue weighted by Crippen LogP contribution is -2.21. The van der Waals surface area contributed by atoms with E-state index in [9.17, 15) is 0 Å². The van der Waals surface area contributed by atoms with Gasteiger partial charge >= 0.3 is 7.32 Å². The third-order valence-corrected chi connectivity index (χ3v) is 0.609. The molecule has 0 fully saturated rings. The molecule has 0 rings (SSSR count). The summed E-state index contributed by atoms with van der Waals surface area (Å²) < 4.78 is 4.53. The van der Waals surface area contributed by atoms with Crippen LogP contribution in [0.25, 0.3) is 0 Å². The lowest BCUT2D eigenvalue weighted by atomic mass is 10.3. The van der Waals surface area contributed by atoms with Crippen LogP contribution in [0.15, 0.2) is 0 Å². The van der Waals surface area contributed by atoms with E-state index >= 15 is 0 Å². The summed E-state index contributed by atoms with van der Waals surface area (Å²) in [5.41, 5.74) is 0. The van der Waals surface area contributed by atoms with Gasteiger partial charge in [0.1, 0.15) is 0 Å². The van der Waals surface area contributed by atoms with Crippen molar-refractivity contribution in [1.82, 2.24) is 0 Å². The van der Waals surface area contributed by atoms with E-state index in [0.29, 0.717) is 0 Å². The first-order valence-corrected chi connectivity index (χ1v) is 2.38. The molecule has 0 aliphatic heterocycles. The molecule has 9 heavy (non-hydrogen) atoms. The van der Waals surface area contributed by atoms with Crippen LogP contribution in [0.2, 0.25) is 0 Å². The molecule has 0 aromatic rings. The number of methoxy groups -OCH3 is 1. The van der Waals surface area contributed by atoms with Gasteiger partial charge in [0.05, 0.1) is 0 Å². The molecule has 0 amide bonds. The van der Waals surface area contributed by atoms with E-state index in [1.165, 1.54) is 7.11 Å². The zero-order valence-electron chi connectivity index (χ0n) is 5.27. The highest BCUT2D eigenvalue weighted by atomic mass is 17.2. The molecule has 1 unspecified atom stereocenters. The summed E-state index contributed by atoms with van der Waals surface area (Å²) in [5.74, 6) is 0. The first kappa shape index (κ1) is 8.86. The normalized spacial score (nSPS) is 13.3. The van der Waals surface area contributed by atoms with Gasteiger partial charge in [-0.05, 0) is 6.92 Å². The molecule has 54 valence electrons. The Morgan fingerprint density at radius 2 is 2.00 bits per heavy atom. The summed E-state index contributed by atoms with van der Waals surface area (Å²) in [7, 11) is -0.514. The van der Waals surface area contributed by atoms with Gasteiger partial charge in [-0.25, -0.2) is 9.69 Å². The molecule has 0 heterocycles. The molecule has 0 aliphatic carbocycles. The predicted molar refractivity (Wildman–Crippen MR) is 28.8 cm³/mol. The molecule has 0 radical (unpaired) electrons. The van der Waals surface area contributed by atoms with Gasteiger partial charge in [-0.1, -0.05) is 0 Å². The lowest BCUT2D eigenvalue weighted by molar-refractivity contribution is -0.324. The quantitative estimate of drug-likeness (QED) is 0.222. The van der Waals surface area contributed by atoms with Crippen LogP contribution in [-0.4, -0.2) is 30.8 Å². The van der Waals surface area contributed by atoms with Gasteiger partial charge in [0.2, 0.25) is 0 Å². The highest BCUT2D eigenvalue weighted by Crippen LogP contribution is 1.90. The van der Waals surface area contributed by atoms with Gasteiger partial charge in [-0.2, -0.15) is 0 Å². The maximum Gasteiger partial charge on any atom is 0.662 e. The molecule has 0 saturated carbocycles. The number of hydrogen-bond donors (Lipinski definition) is 2. The Bertz CT molecular complexity index is 67.2. The molecular weight excluding hydrogens is 127 g/mol. The average molecular weight is 136 g/mol. The van der Waals surface area contributed by atoms with Crippen molar-refractivity contribution in [3.8, 4) is 0 Å². The Kier molecular flexibility index (Phi) is 4.65. The van der Waals surface area contributed by atoms with E-state index in [-0.39, 0.29) is 0 Å². The third kappa shape index (κ3) is 5.74. The molecule has 6 heteroatoms. The zero-order valence-corrected chi connectivity index (χ0v) is 5.27. The minimum atomic E-state index is -1.91. The van der Waals surface area contributed by atoms with Crippen LogP contribution >= 0.6 is 0 Å². The molecule has 0 aliphatic rings. The minimum Gasteiger partial charge on any atom is -0.400 e. The van der Waals surface area contributed by atoms with Crippen molar-refractivity contribution in [1.29, 1.82) is 0 Å². The number of ether oxygens (including phenoxy) is 1. The highest BCUT2D eigenvalue weighted by Gasteiger charge is 2.11. The lowest BCUT2D eigenvalue weighted by Gasteiger charge is -2.07. The minimum absolute atomic E-state index is 0.605. The van der Waals surface area contributed by atoms with Crippen molar-refractivity contribution >= 4 is 7.32 Å². The second-order valence-electron chi connectivity index (χ2n) is 1.32. The van der Waals surface area contributed by atoms with E-state index in [0.717, 1.165) is 0 Å². The van der Waals surface area contributed by atoms with Gasteiger partial charge in [0.25, 0.3) is 0 Å². The smallest absolute Gasteiger partial charge is 0.400 e. The van der Waals surface area contributed by atoms with E-state index in [4.69, 9.17) is 10.0 Å². The summed E-state index contributed by atoms with van der Waals surface area (Å²) in [6.45, 7) is 1.54. The van der Waals surface area contributed by atoms with Crippen molar-refractivity contribution in [2.75, 3.05) is 7.11 Å². The largest absolute Gasteiger partial charge is 0.662 e. The monoisotopic (exact) mass is 136 g/mol. The van der Waals surface area contributed by atoms with Crippen LogP contribution in [-0.2, 0) is 14.4 Å². The molecule has 5 nitrogen and oxygen atoms in total. The van der Waals surface area contributed by atoms with E-state index in [2.05, 4.69) is 14.4 Å². The number of rotatable bonds is 4. The molecule has 0 aromatic heterocycles. The van der Waals surface area contributed by atoms with Crippen LogP contribution in [0, 0.1) is 0 Å². The molecule has 0 saturated heterocycles. The van der Waals surface area contributed by atoms with Gasteiger partial charge < -0.3 is 14.8 Å². The summed E-state index contributed by atoms with van der Waals surface area (Å²) >= 11 is 0.